The normalized spacial score (nSPS) is 18.0. The van der Waals surface area contributed by atoms with Crippen LogP contribution in [0.3, 0.4) is 0 Å². The number of hydrogen-bond donors (Lipinski definition) is 2. The summed E-state index contributed by atoms with van der Waals surface area (Å²) < 4.78 is 5.87. The standard InChI is InChI=1S/C24H24N2O2/c1-24(25-22-12-6-5-11-21(22)23(27)26-24)19-13-15-20(16-14-19)28-17-7-10-18-8-3-2-4-9-18/h2-6,8-9,11-16,25H,7,10,17H2,1H3,(H,26,27). The quantitative estimate of drug-likeness (QED) is 0.615. The zero-order valence-corrected chi connectivity index (χ0v) is 15.9. The van der Waals surface area contributed by atoms with Crippen LogP contribution in [0.25, 0.3) is 0 Å². The predicted octanol–water partition coefficient (Wildman–Crippen LogP) is 4.73. The van der Waals surface area contributed by atoms with Crippen molar-refractivity contribution in [2.45, 2.75) is 25.4 Å². The summed E-state index contributed by atoms with van der Waals surface area (Å²) in [5.41, 5.74) is 3.16. The van der Waals surface area contributed by atoms with Crippen LogP contribution >= 0.6 is 0 Å². The number of hydrogen-bond acceptors (Lipinski definition) is 3. The number of carbonyl (C=O) groups excluding carboxylic acids is 1. The Morgan fingerprint density at radius 3 is 2.36 bits per heavy atom. The molecule has 4 rings (SSSR count). The minimum Gasteiger partial charge on any atom is -0.494 e. The molecule has 1 unspecified atom stereocenters. The summed E-state index contributed by atoms with van der Waals surface area (Å²) in [7, 11) is 0. The predicted molar refractivity (Wildman–Crippen MR) is 112 cm³/mol. The molecule has 2 N–H and O–H groups in total. The molecule has 0 saturated heterocycles. The van der Waals surface area contributed by atoms with E-state index < -0.39 is 5.66 Å². The van der Waals surface area contributed by atoms with Crippen molar-refractivity contribution in [3.8, 4) is 5.75 Å². The fourth-order valence-electron chi connectivity index (χ4n) is 3.52. The second-order valence-electron chi connectivity index (χ2n) is 7.21. The van der Waals surface area contributed by atoms with E-state index in [9.17, 15) is 4.79 Å². The summed E-state index contributed by atoms with van der Waals surface area (Å²) in [6.45, 7) is 2.64. The maximum Gasteiger partial charge on any atom is 0.255 e. The van der Waals surface area contributed by atoms with Gasteiger partial charge in [-0.25, -0.2) is 0 Å². The first-order valence-corrected chi connectivity index (χ1v) is 9.61. The number of ether oxygens (including phenoxy) is 1. The fourth-order valence-corrected chi connectivity index (χ4v) is 3.52. The molecule has 0 aromatic heterocycles. The first-order valence-electron chi connectivity index (χ1n) is 9.61. The van der Waals surface area contributed by atoms with E-state index in [1.807, 2.05) is 61.5 Å². The van der Waals surface area contributed by atoms with Crippen molar-refractivity contribution >= 4 is 11.6 Å². The Labute approximate surface area is 165 Å². The van der Waals surface area contributed by atoms with Gasteiger partial charge in [0.2, 0.25) is 0 Å². The summed E-state index contributed by atoms with van der Waals surface area (Å²) >= 11 is 0. The van der Waals surface area contributed by atoms with Gasteiger partial charge in [-0.1, -0.05) is 54.6 Å². The number of fused-ring (bicyclic) bond motifs is 1. The molecule has 1 aliphatic rings. The number of benzene rings is 3. The van der Waals surface area contributed by atoms with Gasteiger partial charge in [-0.2, -0.15) is 0 Å². The Balaban J connectivity index is 1.37. The monoisotopic (exact) mass is 372 g/mol. The van der Waals surface area contributed by atoms with Crippen molar-refractivity contribution in [1.29, 1.82) is 0 Å². The fraction of sp³-hybridized carbons (Fsp3) is 0.208. The zero-order valence-electron chi connectivity index (χ0n) is 15.9. The minimum atomic E-state index is -0.655. The minimum absolute atomic E-state index is 0.0712. The molecule has 1 amide bonds. The molecular formula is C24H24N2O2. The lowest BCUT2D eigenvalue weighted by atomic mass is 9.96. The van der Waals surface area contributed by atoms with Crippen LogP contribution in [0.15, 0.2) is 78.9 Å². The van der Waals surface area contributed by atoms with Crippen LogP contribution in [0.1, 0.15) is 34.8 Å². The third-order valence-electron chi connectivity index (χ3n) is 5.07. The van der Waals surface area contributed by atoms with Gasteiger partial charge in [0.25, 0.3) is 5.91 Å². The summed E-state index contributed by atoms with van der Waals surface area (Å²) in [6.07, 6.45) is 1.98. The first kappa shape index (κ1) is 18.1. The van der Waals surface area contributed by atoms with Crippen LogP contribution in [0.4, 0.5) is 5.69 Å². The second-order valence-corrected chi connectivity index (χ2v) is 7.21. The molecule has 3 aromatic rings. The Bertz CT molecular complexity index is 954. The Morgan fingerprint density at radius 2 is 1.57 bits per heavy atom. The Morgan fingerprint density at radius 1 is 0.857 bits per heavy atom. The lowest BCUT2D eigenvalue weighted by molar-refractivity contribution is 0.0906. The zero-order chi connectivity index (χ0) is 19.4. The van der Waals surface area contributed by atoms with Crippen LogP contribution in [-0.2, 0) is 12.1 Å². The van der Waals surface area contributed by atoms with E-state index >= 15 is 0 Å². The topological polar surface area (TPSA) is 50.4 Å². The maximum absolute atomic E-state index is 12.5. The highest BCUT2D eigenvalue weighted by Gasteiger charge is 2.34. The Kier molecular flexibility index (Phi) is 5.02. The van der Waals surface area contributed by atoms with Gasteiger partial charge in [-0.3, -0.25) is 4.79 Å². The van der Waals surface area contributed by atoms with E-state index in [4.69, 9.17) is 4.74 Å². The third-order valence-corrected chi connectivity index (χ3v) is 5.07. The lowest BCUT2D eigenvalue weighted by Crippen LogP contribution is -2.52. The highest BCUT2D eigenvalue weighted by atomic mass is 16.5. The number of rotatable bonds is 6. The van der Waals surface area contributed by atoms with Crippen molar-refractivity contribution in [2.75, 3.05) is 11.9 Å². The largest absolute Gasteiger partial charge is 0.494 e. The molecule has 4 nitrogen and oxygen atoms in total. The van der Waals surface area contributed by atoms with Gasteiger partial charge in [0, 0.05) is 5.69 Å². The summed E-state index contributed by atoms with van der Waals surface area (Å²) in [6, 6.07) is 25.9. The molecule has 28 heavy (non-hydrogen) atoms. The van der Waals surface area contributed by atoms with Crippen molar-refractivity contribution in [3.05, 3.63) is 95.6 Å². The van der Waals surface area contributed by atoms with Gasteiger partial charge in [0.1, 0.15) is 11.4 Å². The molecule has 1 heterocycles. The molecular weight excluding hydrogens is 348 g/mol. The van der Waals surface area contributed by atoms with E-state index in [0.717, 1.165) is 29.8 Å². The smallest absolute Gasteiger partial charge is 0.255 e. The first-order chi connectivity index (χ1) is 13.6. The van der Waals surface area contributed by atoms with E-state index in [1.54, 1.807) is 0 Å². The molecule has 1 aliphatic heterocycles. The highest BCUT2D eigenvalue weighted by molar-refractivity contribution is 6.02. The Hall–Kier alpha value is -3.27. The van der Waals surface area contributed by atoms with Crippen LogP contribution in [0.5, 0.6) is 5.75 Å². The van der Waals surface area contributed by atoms with E-state index in [2.05, 4.69) is 34.9 Å². The average Bonchev–Trinajstić information content (AvgIpc) is 2.72. The van der Waals surface area contributed by atoms with Crippen molar-refractivity contribution in [3.63, 3.8) is 0 Å². The van der Waals surface area contributed by atoms with Gasteiger partial charge in [-0.05, 0) is 55.2 Å². The molecule has 142 valence electrons. The molecule has 0 bridgehead atoms. The van der Waals surface area contributed by atoms with Gasteiger partial charge >= 0.3 is 0 Å². The van der Waals surface area contributed by atoms with Crippen LogP contribution in [0.2, 0.25) is 0 Å². The molecule has 0 radical (unpaired) electrons. The molecule has 0 saturated carbocycles. The number of anilines is 1. The van der Waals surface area contributed by atoms with Crippen LogP contribution in [0, 0.1) is 0 Å². The number of aryl methyl sites for hydroxylation is 1. The van der Waals surface area contributed by atoms with Gasteiger partial charge in [0.05, 0.1) is 12.2 Å². The molecule has 1 atom stereocenters. The molecule has 4 heteroatoms. The maximum atomic E-state index is 12.5. The molecule has 0 spiro atoms. The SMILES string of the molecule is CC1(c2ccc(OCCCc3ccccc3)cc2)NC(=O)c2ccccc2N1. The number of carbonyl (C=O) groups is 1. The third kappa shape index (κ3) is 3.86. The van der Waals surface area contributed by atoms with Crippen LogP contribution in [-0.4, -0.2) is 12.5 Å². The van der Waals surface area contributed by atoms with E-state index in [0.29, 0.717) is 12.2 Å². The lowest BCUT2D eigenvalue weighted by Gasteiger charge is -2.38. The van der Waals surface area contributed by atoms with Gasteiger partial charge in [-0.15, -0.1) is 0 Å². The van der Waals surface area contributed by atoms with E-state index in [1.165, 1.54) is 5.56 Å². The van der Waals surface area contributed by atoms with Crippen molar-refractivity contribution in [1.82, 2.24) is 5.32 Å². The average molecular weight is 372 g/mol. The number of amides is 1. The highest BCUT2D eigenvalue weighted by Crippen LogP contribution is 2.31. The molecule has 0 aliphatic carbocycles. The molecule has 0 fully saturated rings. The number of para-hydroxylation sites is 1. The van der Waals surface area contributed by atoms with E-state index in [-0.39, 0.29) is 5.91 Å². The second kappa shape index (κ2) is 7.77. The molecule has 3 aromatic carbocycles. The van der Waals surface area contributed by atoms with Gasteiger partial charge in [0.15, 0.2) is 0 Å². The summed E-state index contributed by atoms with van der Waals surface area (Å²) in [5.74, 6) is 0.765. The van der Waals surface area contributed by atoms with Gasteiger partial charge < -0.3 is 15.4 Å². The van der Waals surface area contributed by atoms with Crippen molar-refractivity contribution in [2.24, 2.45) is 0 Å². The summed E-state index contributed by atoms with van der Waals surface area (Å²) in [5, 5.41) is 6.50. The van der Waals surface area contributed by atoms with Crippen molar-refractivity contribution < 1.29 is 9.53 Å². The van der Waals surface area contributed by atoms with Crippen LogP contribution < -0.4 is 15.4 Å². The number of nitrogens with one attached hydrogen (secondary N) is 2. The summed E-state index contributed by atoms with van der Waals surface area (Å²) in [4.78, 5) is 12.5.